The van der Waals surface area contributed by atoms with Crippen LogP contribution in [0.15, 0.2) is 10.6 Å². The lowest BCUT2D eigenvalue weighted by Gasteiger charge is -2.15. The quantitative estimate of drug-likeness (QED) is 0.752. The molecule has 0 unspecified atom stereocenters. The summed E-state index contributed by atoms with van der Waals surface area (Å²) in [7, 11) is 0. The monoisotopic (exact) mass is 196 g/mol. The summed E-state index contributed by atoms with van der Waals surface area (Å²) < 4.78 is 5.01. The van der Waals surface area contributed by atoms with E-state index in [0.717, 1.165) is 0 Å². The number of rotatable bonds is 2. The van der Waals surface area contributed by atoms with Gasteiger partial charge in [-0.1, -0.05) is 11.2 Å². The van der Waals surface area contributed by atoms with Crippen LogP contribution in [0, 0.1) is 6.92 Å². The Morgan fingerprint density at radius 3 is 2.57 bits per heavy atom. The topological polar surface area (TPSA) is 72.3 Å². The molecule has 0 aliphatic rings. The molecule has 0 bridgehead atoms. The van der Waals surface area contributed by atoms with Gasteiger partial charge in [0.05, 0.1) is 5.56 Å². The lowest BCUT2D eigenvalue weighted by molar-refractivity contribution is 0.0698. The van der Waals surface area contributed by atoms with Gasteiger partial charge in [-0.2, -0.15) is 0 Å². The van der Waals surface area contributed by atoms with Gasteiger partial charge in [-0.3, -0.25) is 0 Å². The summed E-state index contributed by atoms with van der Waals surface area (Å²) in [4.78, 5) is 0. The summed E-state index contributed by atoms with van der Waals surface area (Å²) in [6, 6.07) is 0. The minimum Gasteiger partial charge on any atom is -0.398 e. The summed E-state index contributed by atoms with van der Waals surface area (Å²) in [6.45, 7) is 6.90. The van der Waals surface area contributed by atoms with E-state index in [-0.39, 0.29) is 0 Å². The fourth-order valence-corrected chi connectivity index (χ4v) is 1.27. The number of aryl methyl sites for hydroxylation is 1. The minimum absolute atomic E-state index is 0.477. The number of hydrogen-bond acceptors (Lipinski definition) is 4. The van der Waals surface area contributed by atoms with E-state index < -0.39 is 5.60 Å². The van der Waals surface area contributed by atoms with Crippen molar-refractivity contribution in [2.45, 2.75) is 33.3 Å². The van der Waals surface area contributed by atoms with Crippen molar-refractivity contribution in [1.82, 2.24) is 5.16 Å². The molecule has 0 radical (unpaired) electrons. The molecule has 0 aliphatic carbocycles. The first-order valence-electron chi connectivity index (χ1n) is 4.49. The Labute approximate surface area is 83.4 Å². The highest BCUT2D eigenvalue weighted by Crippen LogP contribution is 2.28. The number of hydrogen-bond donors (Lipinski definition) is 2. The van der Waals surface area contributed by atoms with Crippen LogP contribution in [0.2, 0.25) is 0 Å². The second-order valence-corrected chi connectivity index (χ2v) is 3.77. The van der Waals surface area contributed by atoms with Crippen LogP contribution in [0.4, 0.5) is 0 Å². The summed E-state index contributed by atoms with van der Waals surface area (Å²) in [5.41, 5.74) is 6.49. The van der Waals surface area contributed by atoms with E-state index in [2.05, 4.69) is 5.16 Å². The Balaban J connectivity index is 3.34. The number of nitrogens with zero attached hydrogens (tertiary/aromatic N) is 1. The van der Waals surface area contributed by atoms with Gasteiger partial charge in [0, 0.05) is 5.70 Å². The van der Waals surface area contributed by atoms with Crippen LogP contribution < -0.4 is 5.73 Å². The zero-order valence-corrected chi connectivity index (χ0v) is 8.96. The molecule has 0 saturated heterocycles. The van der Waals surface area contributed by atoms with E-state index >= 15 is 0 Å². The van der Waals surface area contributed by atoms with E-state index in [1.54, 1.807) is 26.8 Å². The first kappa shape index (κ1) is 10.8. The van der Waals surface area contributed by atoms with Crippen molar-refractivity contribution in [1.29, 1.82) is 0 Å². The Morgan fingerprint density at radius 1 is 1.57 bits per heavy atom. The van der Waals surface area contributed by atoms with Crippen molar-refractivity contribution in [3.63, 3.8) is 0 Å². The number of aliphatic hydroxyl groups is 1. The van der Waals surface area contributed by atoms with Crippen molar-refractivity contribution in [3.05, 3.63) is 23.1 Å². The molecule has 0 spiro atoms. The molecule has 0 aromatic carbocycles. The predicted molar refractivity (Wildman–Crippen MR) is 54.3 cm³/mol. The second kappa shape index (κ2) is 3.46. The van der Waals surface area contributed by atoms with Gasteiger partial charge in [-0.25, -0.2) is 0 Å². The van der Waals surface area contributed by atoms with Crippen molar-refractivity contribution in [3.8, 4) is 0 Å². The highest BCUT2D eigenvalue weighted by molar-refractivity contribution is 5.66. The zero-order valence-electron chi connectivity index (χ0n) is 8.96. The van der Waals surface area contributed by atoms with Gasteiger partial charge >= 0.3 is 0 Å². The van der Waals surface area contributed by atoms with Crippen LogP contribution in [0.1, 0.15) is 37.8 Å². The smallest absolute Gasteiger partial charge is 0.143 e. The third-order valence-corrected chi connectivity index (χ3v) is 2.04. The second-order valence-electron chi connectivity index (χ2n) is 3.77. The standard InChI is InChI=1S/C10H16N2O2/c1-5-7(11)8-6(2)14-12-9(8)10(3,4)13/h5,13H,11H2,1-4H3/b7-5+. The molecule has 0 aliphatic heterocycles. The van der Waals surface area contributed by atoms with Crippen molar-refractivity contribution in [2.24, 2.45) is 5.73 Å². The Kier molecular flexibility index (Phi) is 2.66. The average Bonchev–Trinajstić information content (AvgIpc) is 2.45. The van der Waals surface area contributed by atoms with E-state index in [1.165, 1.54) is 0 Å². The van der Waals surface area contributed by atoms with Crippen LogP contribution >= 0.6 is 0 Å². The van der Waals surface area contributed by atoms with Gasteiger partial charge < -0.3 is 15.4 Å². The van der Waals surface area contributed by atoms with Crippen LogP contribution in [0.3, 0.4) is 0 Å². The van der Waals surface area contributed by atoms with Crippen LogP contribution in [0.5, 0.6) is 0 Å². The first-order valence-corrected chi connectivity index (χ1v) is 4.49. The molecule has 1 heterocycles. The lowest BCUT2D eigenvalue weighted by Crippen LogP contribution is -2.19. The molecular formula is C10H16N2O2. The molecular weight excluding hydrogens is 180 g/mol. The Hall–Kier alpha value is -1.29. The number of allylic oxidation sites excluding steroid dienone is 1. The molecule has 0 amide bonds. The molecule has 1 rings (SSSR count). The van der Waals surface area contributed by atoms with Crippen LogP contribution in [-0.4, -0.2) is 10.3 Å². The third kappa shape index (κ3) is 1.80. The van der Waals surface area contributed by atoms with E-state index in [1.807, 2.05) is 6.92 Å². The number of aromatic nitrogens is 1. The molecule has 14 heavy (non-hydrogen) atoms. The molecule has 4 heteroatoms. The Bertz CT molecular complexity index is 359. The maximum Gasteiger partial charge on any atom is 0.143 e. The minimum atomic E-state index is -1.04. The maximum absolute atomic E-state index is 9.82. The molecule has 0 fully saturated rings. The van der Waals surface area contributed by atoms with E-state index in [9.17, 15) is 5.11 Å². The van der Waals surface area contributed by atoms with Crippen molar-refractivity contribution in [2.75, 3.05) is 0 Å². The average molecular weight is 196 g/mol. The molecule has 1 aromatic rings. The van der Waals surface area contributed by atoms with Crippen LogP contribution in [-0.2, 0) is 5.60 Å². The molecule has 4 nitrogen and oxygen atoms in total. The number of nitrogens with two attached hydrogens (primary N) is 1. The van der Waals surface area contributed by atoms with Gasteiger partial charge in [0.2, 0.25) is 0 Å². The fourth-order valence-electron chi connectivity index (χ4n) is 1.27. The lowest BCUT2D eigenvalue weighted by atomic mass is 9.98. The van der Waals surface area contributed by atoms with Gasteiger partial charge in [-0.05, 0) is 27.7 Å². The summed E-state index contributed by atoms with van der Waals surface area (Å²) in [6.07, 6.45) is 1.76. The normalized spacial score (nSPS) is 13.4. The SMILES string of the molecule is C/C=C(/N)c1c(C(C)(C)O)noc1C. The van der Waals surface area contributed by atoms with Crippen molar-refractivity contribution >= 4 is 5.70 Å². The summed E-state index contributed by atoms with van der Waals surface area (Å²) in [5.74, 6) is 0.623. The first-order chi connectivity index (χ1) is 6.38. The molecule has 1 aromatic heterocycles. The molecule has 0 saturated carbocycles. The predicted octanol–water partition coefficient (Wildman–Crippen LogP) is 1.53. The van der Waals surface area contributed by atoms with Crippen molar-refractivity contribution < 1.29 is 9.63 Å². The van der Waals surface area contributed by atoms with Crippen LogP contribution in [0.25, 0.3) is 5.70 Å². The van der Waals surface area contributed by atoms with E-state index in [0.29, 0.717) is 22.7 Å². The molecule has 3 N–H and O–H groups in total. The Morgan fingerprint density at radius 2 is 2.14 bits per heavy atom. The highest BCUT2D eigenvalue weighted by Gasteiger charge is 2.27. The van der Waals surface area contributed by atoms with Gasteiger partial charge in [0.1, 0.15) is 17.1 Å². The largest absolute Gasteiger partial charge is 0.398 e. The molecule has 78 valence electrons. The zero-order chi connectivity index (χ0) is 10.9. The van der Waals surface area contributed by atoms with Gasteiger partial charge in [-0.15, -0.1) is 0 Å². The van der Waals surface area contributed by atoms with Gasteiger partial charge in [0.25, 0.3) is 0 Å². The third-order valence-electron chi connectivity index (χ3n) is 2.04. The van der Waals surface area contributed by atoms with E-state index in [4.69, 9.17) is 10.3 Å². The fraction of sp³-hybridized carbons (Fsp3) is 0.500. The highest BCUT2D eigenvalue weighted by atomic mass is 16.5. The summed E-state index contributed by atoms with van der Waals surface area (Å²) >= 11 is 0. The summed E-state index contributed by atoms with van der Waals surface area (Å²) in [5, 5.41) is 13.6. The van der Waals surface area contributed by atoms with Gasteiger partial charge in [0.15, 0.2) is 0 Å². The maximum atomic E-state index is 9.82. The molecule has 0 atom stereocenters.